The topological polar surface area (TPSA) is 26.3 Å². The van der Waals surface area contributed by atoms with E-state index in [1.54, 1.807) is 6.08 Å². The SMILES string of the molecule is CCCCCCCCCCCCCCCCCCCCCSc1ccc(C=CC(=O)c2ccc(OCCCCCCC)cc2)cc1. The molecule has 0 aliphatic rings. The number of hydrogen-bond acceptors (Lipinski definition) is 3. The first-order chi connectivity index (χ1) is 22.7. The normalized spacial score (nSPS) is 11.4. The fourth-order valence-electron chi connectivity index (χ4n) is 5.92. The van der Waals surface area contributed by atoms with Gasteiger partial charge in [-0.3, -0.25) is 4.79 Å². The number of carbonyl (C=O) groups is 1. The summed E-state index contributed by atoms with van der Waals surface area (Å²) in [5.41, 5.74) is 1.75. The van der Waals surface area contributed by atoms with Crippen LogP contribution in [0.2, 0.25) is 0 Å². The molecule has 0 spiro atoms. The number of thioether (sulfide) groups is 1. The Morgan fingerprint density at radius 2 is 0.978 bits per heavy atom. The van der Waals surface area contributed by atoms with Crippen LogP contribution in [0.25, 0.3) is 6.08 Å². The number of benzene rings is 2. The van der Waals surface area contributed by atoms with Gasteiger partial charge in [0.15, 0.2) is 5.78 Å². The third-order valence-electron chi connectivity index (χ3n) is 8.98. The summed E-state index contributed by atoms with van der Waals surface area (Å²) in [7, 11) is 0. The molecule has 0 aliphatic carbocycles. The van der Waals surface area contributed by atoms with Crippen molar-refractivity contribution in [1.29, 1.82) is 0 Å². The Labute approximate surface area is 289 Å². The largest absolute Gasteiger partial charge is 0.494 e. The van der Waals surface area contributed by atoms with Gasteiger partial charge in [-0.15, -0.1) is 11.8 Å². The van der Waals surface area contributed by atoms with Gasteiger partial charge < -0.3 is 4.74 Å². The molecule has 0 unspecified atom stereocenters. The van der Waals surface area contributed by atoms with Gasteiger partial charge in [0.25, 0.3) is 0 Å². The second-order valence-electron chi connectivity index (χ2n) is 13.3. The van der Waals surface area contributed by atoms with Crippen molar-refractivity contribution in [1.82, 2.24) is 0 Å². The first-order valence-electron chi connectivity index (χ1n) is 19.4. The Balaban J connectivity index is 1.42. The molecule has 2 nitrogen and oxygen atoms in total. The van der Waals surface area contributed by atoms with E-state index in [4.69, 9.17) is 4.74 Å². The van der Waals surface area contributed by atoms with E-state index in [1.807, 2.05) is 42.1 Å². The van der Waals surface area contributed by atoms with Crippen LogP contribution in [0, 0.1) is 0 Å². The maximum atomic E-state index is 12.6. The Morgan fingerprint density at radius 3 is 1.46 bits per heavy atom. The third kappa shape index (κ3) is 21.7. The van der Waals surface area contributed by atoms with E-state index in [2.05, 4.69) is 38.1 Å². The lowest BCUT2D eigenvalue weighted by atomic mass is 10.0. The number of unbranched alkanes of at least 4 members (excludes halogenated alkanes) is 22. The molecular formula is C43H68O2S. The van der Waals surface area contributed by atoms with Crippen LogP contribution in [0.1, 0.15) is 184 Å². The highest BCUT2D eigenvalue weighted by atomic mass is 32.2. The first-order valence-corrected chi connectivity index (χ1v) is 20.4. The third-order valence-corrected chi connectivity index (χ3v) is 10.1. The van der Waals surface area contributed by atoms with Crippen molar-refractivity contribution in [3.63, 3.8) is 0 Å². The van der Waals surface area contributed by atoms with E-state index in [0.29, 0.717) is 5.56 Å². The van der Waals surface area contributed by atoms with E-state index in [1.165, 1.54) is 158 Å². The van der Waals surface area contributed by atoms with Gasteiger partial charge in [-0.2, -0.15) is 0 Å². The Hall–Kier alpha value is -2.00. The van der Waals surface area contributed by atoms with Crippen LogP contribution in [0.5, 0.6) is 5.75 Å². The fraction of sp³-hybridized carbons (Fsp3) is 0.651. The van der Waals surface area contributed by atoms with Gasteiger partial charge in [-0.25, -0.2) is 0 Å². The van der Waals surface area contributed by atoms with E-state index in [0.717, 1.165) is 24.3 Å². The number of hydrogen-bond donors (Lipinski definition) is 0. The summed E-state index contributed by atoms with van der Waals surface area (Å²) in [5, 5.41) is 0. The second-order valence-corrected chi connectivity index (χ2v) is 14.4. The molecule has 0 amide bonds. The average Bonchev–Trinajstić information content (AvgIpc) is 3.08. The smallest absolute Gasteiger partial charge is 0.185 e. The summed E-state index contributed by atoms with van der Waals surface area (Å²) in [5.74, 6) is 2.05. The summed E-state index contributed by atoms with van der Waals surface area (Å²) in [6, 6.07) is 16.1. The molecule has 2 aromatic carbocycles. The first kappa shape index (κ1) is 40.2. The van der Waals surface area contributed by atoms with Gasteiger partial charge in [0.05, 0.1) is 6.61 Å². The summed E-state index contributed by atoms with van der Waals surface area (Å²) < 4.78 is 5.82. The van der Waals surface area contributed by atoms with Crippen molar-refractivity contribution in [3.05, 3.63) is 65.7 Å². The highest BCUT2D eigenvalue weighted by molar-refractivity contribution is 7.99. The van der Waals surface area contributed by atoms with Gasteiger partial charge in [0, 0.05) is 10.5 Å². The summed E-state index contributed by atoms with van der Waals surface area (Å²) in [6.07, 6.45) is 36.8. The number of allylic oxidation sites excluding steroid dienone is 1. The van der Waals surface area contributed by atoms with Gasteiger partial charge in [0.2, 0.25) is 0 Å². The molecule has 0 aliphatic heterocycles. The van der Waals surface area contributed by atoms with Crippen molar-refractivity contribution >= 4 is 23.6 Å². The van der Waals surface area contributed by atoms with Crippen molar-refractivity contribution in [2.45, 2.75) is 173 Å². The molecule has 2 rings (SSSR count). The molecule has 0 radical (unpaired) electrons. The Bertz CT molecular complexity index is 994. The Morgan fingerprint density at radius 1 is 0.543 bits per heavy atom. The van der Waals surface area contributed by atoms with Crippen LogP contribution in [0.15, 0.2) is 59.5 Å². The van der Waals surface area contributed by atoms with Crippen LogP contribution in [-0.4, -0.2) is 18.1 Å². The fourth-order valence-corrected chi connectivity index (χ4v) is 6.84. The highest BCUT2D eigenvalue weighted by Crippen LogP contribution is 2.22. The molecule has 0 atom stereocenters. The molecule has 0 bridgehead atoms. The quantitative estimate of drug-likeness (QED) is 0.0352. The molecule has 258 valence electrons. The van der Waals surface area contributed by atoms with E-state index >= 15 is 0 Å². The number of rotatable bonds is 31. The molecule has 0 saturated carbocycles. The van der Waals surface area contributed by atoms with E-state index < -0.39 is 0 Å². The zero-order chi connectivity index (χ0) is 32.8. The predicted molar refractivity (Wildman–Crippen MR) is 205 cm³/mol. The lowest BCUT2D eigenvalue weighted by Crippen LogP contribution is -1.98. The van der Waals surface area contributed by atoms with Gasteiger partial charge in [-0.05, 0) is 66.6 Å². The zero-order valence-electron chi connectivity index (χ0n) is 29.9. The highest BCUT2D eigenvalue weighted by Gasteiger charge is 2.03. The lowest BCUT2D eigenvalue weighted by molar-refractivity contribution is 0.104. The predicted octanol–water partition coefficient (Wildman–Crippen LogP) is 14.5. The summed E-state index contributed by atoms with van der Waals surface area (Å²) in [6.45, 7) is 5.27. The minimum absolute atomic E-state index is 0.0221. The van der Waals surface area contributed by atoms with Crippen LogP contribution in [-0.2, 0) is 0 Å². The van der Waals surface area contributed by atoms with Crippen molar-refractivity contribution in [2.75, 3.05) is 12.4 Å². The monoisotopic (exact) mass is 648 g/mol. The molecule has 0 saturated heterocycles. The van der Waals surface area contributed by atoms with E-state index in [9.17, 15) is 4.79 Å². The second kappa shape index (κ2) is 29.2. The minimum atomic E-state index is 0.0221. The number of carbonyl (C=O) groups excluding carboxylic acids is 1. The van der Waals surface area contributed by atoms with Gasteiger partial charge >= 0.3 is 0 Å². The van der Waals surface area contributed by atoms with Crippen molar-refractivity contribution in [3.8, 4) is 5.75 Å². The van der Waals surface area contributed by atoms with Gasteiger partial charge in [0.1, 0.15) is 5.75 Å². The van der Waals surface area contributed by atoms with Crippen LogP contribution in [0.3, 0.4) is 0 Å². The molecule has 0 N–H and O–H groups in total. The van der Waals surface area contributed by atoms with Crippen molar-refractivity contribution < 1.29 is 9.53 Å². The molecular weight excluding hydrogens is 581 g/mol. The van der Waals surface area contributed by atoms with Gasteiger partial charge in [-0.1, -0.05) is 173 Å². The van der Waals surface area contributed by atoms with Crippen molar-refractivity contribution in [2.24, 2.45) is 0 Å². The Kier molecular flexibility index (Phi) is 25.5. The summed E-state index contributed by atoms with van der Waals surface area (Å²) >= 11 is 1.95. The molecule has 46 heavy (non-hydrogen) atoms. The summed E-state index contributed by atoms with van der Waals surface area (Å²) in [4.78, 5) is 13.9. The average molecular weight is 649 g/mol. The van der Waals surface area contributed by atoms with Crippen LogP contribution < -0.4 is 4.74 Å². The van der Waals surface area contributed by atoms with Crippen LogP contribution >= 0.6 is 11.8 Å². The maximum absolute atomic E-state index is 12.6. The molecule has 0 heterocycles. The minimum Gasteiger partial charge on any atom is -0.494 e. The van der Waals surface area contributed by atoms with Crippen LogP contribution in [0.4, 0.5) is 0 Å². The number of ketones is 1. The zero-order valence-corrected chi connectivity index (χ0v) is 30.7. The number of ether oxygens (including phenoxy) is 1. The molecule has 0 aromatic heterocycles. The maximum Gasteiger partial charge on any atom is 0.185 e. The molecule has 3 heteroatoms. The van der Waals surface area contributed by atoms with E-state index in [-0.39, 0.29) is 5.78 Å². The molecule has 2 aromatic rings. The standard InChI is InChI=1S/C43H68O2S/c1-3-5-7-9-10-11-12-13-14-15-16-17-18-19-20-21-22-24-26-38-46-42-34-27-39(28-35-42)29-36-43(44)40-30-32-41(33-31-40)45-37-25-23-8-6-4-2/h27-36H,3-26,37-38H2,1-2H3. The molecule has 0 fully saturated rings. The lowest BCUT2D eigenvalue weighted by Gasteiger charge is -2.06.